The number of hydrogen-bond donors (Lipinski definition) is 3. The second-order valence-corrected chi connectivity index (χ2v) is 12.0. The van der Waals surface area contributed by atoms with Gasteiger partial charge in [0.2, 0.25) is 9.57 Å². The molecule has 0 aliphatic carbocycles. The van der Waals surface area contributed by atoms with Crippen LogP contribution >= 0.6 is 38.4 Å². The fourth-order valence-electron chi connectivity index (χ4n) is 2.30. The summed E-state index contributed by atoms with van der Waals surface area (Å²) in [4.78, 5) is 59.0. The Kier molecular flexibility index (Phi) is 15.6. The van der Waals surface area contributed by atoms with Crippen molar-refractivity contribution < 1.29 is 137 Å². The molecule has 32 heavy (non-hydrogen) atoms. The molecule has 166 valence electrons. The third-order valence-corrected chi connectivity index (χ3v) is 9.60. The van der Waals surface area contributed by atoms with Crippen molar-refractivity contribution in [3.8, 4) is 5.75 Å². The van der Waals surface area contributed by atoms with Crippen molar-refractivity contribution >= 4 is 38.4 Å². The van der Waals surface area contributed by atoms with Crippen LogP contribution in [0.5, 0.6) is 5.75 Å². The van der Waals surface area contributed by atoms with Gasteiger partial charge in [0.05, 0.1) is 19.9 Å². The van der Waals surface area contributed by atoms with E-state index < -0.39 is 61.4 Å². The van der Waals surface area contributed by atoms with E-state index in [4.69, 9.17) is 32.7 Å². The van der Waals surface area contributed by atoms with Crippen molar-refractivity contribution in [2.45, 2.75) is 28.4 Å². The van der Waals surface area contributed by atoms with Crippen molar-refractivity contribution in [3.63, 3.8) is 0 Å². The van der Waals surface area contributed by atoms with Crippen LogP contribution in [0.1, 0.15) is 6.23 Å². The molecule has 1 unspecified atom stereocenters. The largest absolute Gasteiger partial charge is 1.00 e. The summed E-state index contributed by atoms with van der Waals surface area (Å²) in [5.74, 6) is -0.339. The van der Waals surface area contributed by atoms with E-state index in [1.807, 2.05) is 4.98 Å². The van der Waals surface area contributed by atoms with Gasteiger partial charge in [0.1, 0.15) is 18.3 Å². The number of ether oxygens (including phenoxy) is 2. The Hall–Kier alpha value is 2.24. The third kappa shape index (κ3) is 7.62. The molecule has 0 radical (unpaired) electrons. The molecule has 21 heteroatoms. The number of halogens is 2. The molecular weight excluding hydrogens is 554 g/mol. The number of nitrogens with one attached hydrogen (secondary N) is 1. The number of alkyl halides is 2. The maximum atomic E-state index is 11.9. The topological polar surface area (TPSA) is 226 Å². The predicted octanol–water partition coefficient (Wildman–Crippen LogP) is -12.3. The minimum atomic E-state index is -6.07. The average molecular weight is 567 g/mol. The van der Waals surface area contributed by atoms with Crippen LogP contribution in [0.25, 0.3) is 0 Å². The Morgan fingerprint density at radius 3 is 2.19 bits per heavy atom. The van der Waals surface area contributed by atoms with Crippen molar-refractivity contribution in [1.29, 1.82) is 0 Å². The van der Waals surface area contributed by atoms with E-state index in [0.717, 1.165) is 13.3 Å². The molecule has 2 heterocycles. The van der Waals surface area contributed by atoms with Crippen LogP contribution in [0, 0.1) is 0 Å². The van der Waals surface area contributed by atoms with Gasteiger partial charge in [-0.15, -0.1) is 0 Å². The monoisotopic (exact) mass is 566 g/mol. The molecule has 1 aliphatic heterocycles. The molecule has 1 aromatic heterocycles. The fraction of sp³-hybridized carbons (Fsp3) is 0.636. The summed E-state index contributed by atoms with van der Waals surface area (Å²) in [6.45, 7) is -1.12. The Labute approximate surface area is 256 Å². The predicted molar refractivity (Wildman–Crippen MR) is 89.4 cm³/mol. The van der Waals surface area contributed by atoms with Gasteiger partial charge in [0, 0.05) is 0 Å². The summed E-state index contributed by atoms with van der Waals surface area (Å²) in [6, 6.07) is 0. The standard InChI is InChI=1S/C11H16Cl2N2O12P2.3Na/c1-25-4-2-15(10(19)14-8(4)18)9-7(17)6(16)5(27-9)3-26-29(23,24)11(12,13)28(20,21)22;;;/h2,5-7,9,16-17H,3H2,1H3,(H,23,24)(H,14,18,19)(H2,20,21,22);;;/q;3*+1/p-3/t5-,6-,7-,9-;;;/m1.../s1. The summed E-state index contributed by atoms with van der Waals surface area (Å²) in [6.07, 6.45) is -6.04. The van der Waals surface area contributed by atoms with E-state index in [1.54, 1.807) is 0 Å². The minimum absolute atomic E-state index is 0. The van der Waals surface area contributed by atoms with Crippen LogP contribution in [0.3, 0.4) is 0 Å². The molecule has 0 aromatic carbocycles. The minimum Gasteiger partial charge on any atom is -0.808 e. The molecule has 2 rings (SSSR count). The molecule has 5 atom stereocenters. The van der Waals surface area contributed by atoms with Crippen molar-refractivity contribution in [2.75, 3.05) is 13.7 Å². The van der Waals surface area contributed by atoms with Crippen LogP contribution in [0.4, 0.5) is 0 Å². The van der Waals surface area contributed by atoms with Crippen molar-refractivity contribution in [3.05, 3.63) is 27.0 Å². The molecule has 0 amide bonds. The quantitative estimate of drug-likeness (QED) is 0.159. The van der Waals surface area contributed by atoms with Crippen LogP contribution in [0.2, 0.25) is 0 Å². The summed E-state index contributed by atoms with van der Waals surface area (Å²) >= 11 is 10.2. The molecule has 14 nitrogen and oxygen atoms in total. The number of aromatic nitrogens is 2. The number of aliphatic hydroxyl groups is 2. The summed E-state index contributed by atoms with van der Waals surface area (Å²) in [5.41, 5.74) is -1.93. The van der Waals surface area contributed by atoms with Gasteiger partial charge in [-0.3, -0.25) is 14.3 Å². The van der Waals surface area contributed by atoms with Gasteiger partial charge in [-0.1, -0.05) is 23.2 Å². The number of aliphatic hydroxyl groups excluding tert-OH is 2. The van der Waals surface area contributed by atoms with Crippen LogP contribution in [-0.2, 0) is 18.4 Å². The van der Waals surface area contributed by atoms with Crippen LogP contribution < -0.4 is 119 Å². The third-order valence-electron chi connectivity index (χ3n) is 3.83. The molecule has 1 fully saturated rings. The Morgan fingerprint density at radius 1 is 1.19 bits per heavy atom. The van der Waals surface area contributed by atoms with E-state index in [0.29, 0.717) is 4.57 Å². The molecule has 0 saturated carbocycles. The van der Waals surface area contributed by atoms with Crippen LogP contribution in [-0.4, -0.2) is 55.6 Å². The van der Waals surface area contributed by atoms with Crippen LogP contribution in [0.15, 0.2) is 15.8 Å². The number of H-pyrrole nitrogens is 1. The molecule has 3 N–H and O–H groups in total. The summed E-state index contributed by atoms with van der Waals surface area (Å²) < 4.78 is 33.8. The van der Waals surface area contributed by atoms with E-state index in [2.05, 4.69) is 4.52 Å². The molecule has 0 spiro atoms. The number of nitrogens with zero attached hydrogens (tertiary/aromatic N) is 1. The summed E-state index contributed by atoms with van der Waals surface area (Å²) in [7, 11) is -10.7. The first kappa shape index (κ1) is 36.4. The van der Waals surface area contributed by atoms with Gasteiger partial charge < -0.3 is 48.0 Å². The van der Waals surface area contributed by atoms with Gasteiger partial charge in [-0.05, 0) is 7.60 Å². The first-order chi connectivity index (χ1) is 13.1. The number of hydrogen-bond acceptors (Lipinski definition) is 12. The second kappa shape index (κ2) is 13.7. The zero-order valence-electron chi connectivity index (χ0n) is 17.2. The molecule has 1 aromatic rings. The molecule has 1 saturated heterocycles. The van der Waals surface area contributed by atoms with E-state index in [9.17, 15) is 43.6 Å². The van der Waals surface area contributed by atoms with Gasteiger partial charge in [0.25, 0.3) is 5.56 Å². The van der Waals surface area contributed by atoms with E-state index in [1.165, 1.54) is 0 Å². The van der Waals surface area contributed by atoms with Crippen molar-refractivity contribution in [1.82, 2.24) is 9.55 Å². The number of rotatable bonds is 7. The van der Waals surface area contributed by atoms with Gasteiger partial charge in [-0.2, -0.15) is 0 Å². The van der Waals surface area contributed by atoms with Gasteiger partial charge >= 0.3 is 94.4 Å². The van der Waals surface area contributed by atoms with Gasteiger partial charge in [-0.25, -0.2) is 4.79 Å². The normalized spacial score (nSPS) is 25.0. The maximum Gasteiger partial charge on any atom is 1.00 e. The first-order valence-corrected chi connectivity index (χ1v) is 11.2. The molecular formula is C11H13Cl2N2Na3O12P2. The first-order valence-electron chi connectivity index (χ1n) is 7.40. The van der Waals surface area contributed by atoms with Gasteiger partial charge in [0.15, 0.2) is 13.8 Å². The molecule has 0 bridgehead atoms. The summed E-state index contributed by atoms with van der Waals surface area (Å²) in [5, 5.41) is 20.1. The fourth-order valence-corrected chi connectivity index (χ4v) is 4.46. The van der Waals surface area contributed by atoms with E-state index in [-0.39, 0.29) is 94.4 Å². The number of methoxy groups -OCH3 is 1. The maximum absolute atomic E-state index is 11.9. The smallest absolute Gasteiger partial charge is 0.808 e. The Balaban J connectivity index is 0. The average Bonchev–Trinajstić information content (AvgIpc) is 2.87. The second-order valence-electron chi connectivity index (χ2n) is 5.71. The number of aromatic amines is 1. The molecule has 1 aliphatic rings. The van der Waals surface area contributed by atoms with E-state index >= 15 is 0 Å². The Bertz CT molecular complexity index is 988. The van der Waals surface area contributed by atoms with Crippen molar-refractivity contribution in [2.24, 2.45) is 0 Å². The zero-order chi connectivity index (χ0) is 22.4. The zero-order valence-corrected chi connectivity index (χ0v) is 26.5. The Morgan fingerprint density at radius 2 is 1.72 bits per heavy atom. The SMILES string of the molecule is COc1cn([C@@H]2O[C@H](COP(=O)([O-])C(Cl)(Cl)P(=O)([O-])[O-])[C@@H](O)[C@H]2O)c(=O)[nH]c1=O.[Na+].[Na+].[Na+].